The Balaban J connectivity index is 2.13. The van der Waals surface area contributed by atoms with Gasteiger partial charge in [0, 0.05) is 33.1 Å². The van der Waals surface area contributed by atoms with E-state index in [1.807, 2.05) is 0 Å². The second-order valence-corrected chi connectivity index (χ2v) is 10.7. The number of alkyl halides is 6. The Bertz CT molecular complexity index is 1310. The Kier molecular flexibility index (Phi) is 11.9. The van der Waals surface area contributed by atoms with Crippen molar-refractivity contribution < 1.29 is 43.9 Å². The van der Waals surface area contributed by atoms with Crippen molar-refractivity contribution in [3.8, 4) is 0 Å². The van der Waals surface area contributed by atoms with E-state index in [9.17, 15) is 43.9 Å². The molecule has 0 saturated heterocycles. The number of hydrogen-bond donors (Lipinski definition) is 2. The highest BCUT2D eigenvalue weighted by Crippen LogP contribution is 2.29. The maximum Gasteiger partial charge on any atom is 0.416 e. The maximum atomic E-state index is 13.4. The van der Waals surface area contributed by atoms with Crippen LogP contribution in [0.25, 0.3) is 0 Å². The molecule has 0 bridgehead atoms. The van der Waals surface area contributed by atoms with E-state index in [1.165, 1.54) is 7.05 Å². The van der Waals surface area contributed by atoms with Gasteiger partial charge in [0.05, 0.1) is 23.4 Å². The number of halogens is 7. The Morgan fingerprint density at radius 2 is 1.59 bits per heavy atom. The molecule has 0 aromatic heterocycles. The van der Waals surface area contributed by atoms with Crippen LogP contribution in [0.5, 0.6) is 0 Å². The number of nitrogens with one attached hydrogen (secondary N) is 2. The van der Waals surface area contributed by atoms with Gasteiger partial charge >= 0.3 is 12.4 Å². The molecule has 0 fully saturated rings. The highest BCUT2D eigenvalue weighted by atomic mass is 32.2. The number of rotatable bonds is 13. The minimum atomic E-state index is -4.57. The molecule has 41 heavy (non-hydrogen) atoms. The smallest absolute Gasteiger partial charge is 0.373 e. The van der Waals surface area contributed by atoms with Gasteiger partial charge < -0.3 is 10.6 Å². The minimum Gasteiger partial charge on any atom is -0.373 e. The average Bonchev–Trinajstić information content (AvgIpc) is 2.88. The van der Waals surface area contributed by atoms with Crippen LogP contribution in [0.15, 0.2) is 70.6 Å². The summed E-state index contributed by atoms with van der Waals surface area (Å²) < 4.78 is 117. The molecule has 2 aromatic rings. The normalized spacial score (nSPS) is 12.9. The Morgan fingerprint density at radius 3 is 2.12 bits per heavy atom. The van der Waals surface area contributed by atoms with Crippen LogP contribution >= 0.6 is 0 Å². The number of amides is 1. The predicted molar refractivity (Wildman–Crippen MR) is 139 cm³/mol. The van der Waals surface area contributed by atoms with E-state index in [1.54, 1.807) is 0 Å². The van der Waals surface area contributed by atoms with Gasteiger partial charge in [0.1, 0.15) is 11.7 Å². The number of carbonyl (C=O) groups is 1. The lowest BCUT2D eigenvalue weighted by molar-refractivity contribution is -0.138. The number of benzene rings is 2. The lowest BCUT2D eigenvalue weighted by atomic mass is 10.1. The standard InChI is InChI=1S/C26H29F7N4O3S/c1-18(24(34-2)36-14-11-23(38)35-15-13-25(28,29)30)12-16-37(41(39,40)22-9-7-21(27)8-10-22)17-19-3-5-20(6-4-19)26(31,32)33/h3-10H,1,11-17H2,2H3,(H,34,36)(H,35,38). The lowest BCUT2D eigenvalue weighted by Crippen LogP contribution is -2.33. The third-order valence-corrected chi connectivity index (χ3v) is 7.53. The van der Waals surface area contributed by atoms with E-state index >= 15 is 0 Å². The molecular formula is C26H29F7N4O3S. The van der Waals surface area contributed by atoms with Crippen LogP contribution in [0, 0.1) is 5.82 Å². The summed E-state index contributed by atoms with van der Waals surface area (Å²) in [6.45, 7) is 2.74. The van der Waals surface area contributed by atoms with Crippen molar-refractivity contribution in [2.45, 2.75) is 43.1 Å². The second-order valence-electron chi connectivity index (χ2n) is 8.79. The summed E-state index contributed by atoms with van der Waals surface area (Å²) in [6, 6.07) is 8.05. The first-order chi connectivity index (χ1) is 19.0. The summed E-state index contributed by atoms with van der Waals surface area (Å²) in [5, 5.41) is 4.90. The van der Waals surface area contributed by atoms with Crippen molar-refractivity contribution in [2.75, 3.05) is 26.7 Å². The molecular weight excluding hydrogens is 581 g/mol. The van der Waals surface area contributed by atoms with E-state index in [4.69, 9.17) is 0 Å². The first-order valence-corrected chi connectivity index (χ1v) is 13.6. The molecule has 0 spiro atoms. The molecule has 2 N–H and O–H groups in total. The lowest BCUT2D eigenvalue weighted by Gasteiger charge is -2.23. The fourth-order valence-electron chi connectivity index (χ4n) is 3.49. The minimum absolute atomic E-state index is 0.0124. The predicted octanol–water partition coefficient (Wildman–Crippen LogP) is 5.06. The Hall–Kier alpha value is -3.46. The number of sulfonamides is 1. The van der Waals surface area contributed by atoms with Crippen molar-refractivity contribution in [1.29, 1.82) is 0 Å². The number of carbonyl (C=O) groups excluding carboxylic acids is 1. The SMILES string of the molecule is C=C(CCN(Cc1ccc(C(F)(F)F)cc1)S(=O)(=O)c1ccc(F)cc1)/C(=N/CCC(=O)NCCC(F)(F)F)NC. The fraction of sp³-hybridized carbons (Fsp3) is 0.385. The van der Waals surface area contributed by atoms with E-state index in [0.717, 1.165) is 52.8 Å². The monoisotopic (exact) mass is 610 g/mol. The van der Waals surface area contributed by atoms with E-state index < -0.39 is 52.6 Å². The third-order valence-electron chi connectivity index (χ3n) is 5.67. The molecule has 0 aliphatic heterocycles. The highest BCUT2D eigenvalue weighted by Gasteiger charge is 2.31. The Labute approximate surface area is 233 Å². The van der Waals surface area contributed by atoms with E-state index in [0.29, 0.717) is 5.57 Å². The second kappa shape index (κ2) is 14.4. The van der Waals surface area contributed by atoms with Crippen LogP contribution in [0.3, 0.4) is 0 Å². The Morgan fingerprint density at radius 1 is 0.976 bits per heavy atom. The zero-order chi connectivity index (χ0) is 30.8. The zero-order valence-corrected chi connectivity index (χ0v) is 22.8. The van der Waals surface area contributed by atoms with Crippen molar-refractivity contribution in [3.63, 3.8) is 0 Å². The van der Waals surface area contributed by atoms with Gasteiger partial charge in [-0.15, -0.1) is 0 Å². The molecule has 0 aliphatic carbocycles. The number of aliphatic imine (C=N–C) groups is 1. The summed E-state index contributed by atoms with van der Waals surface area (Å²) in [6.07, 6.45) is -10.3. The van der Waals surface area contributed by atoms with Crippen molar-refractivity contribution >= 4 is 21.8 Å². The van der Waals surface area contributed by atoms with Gasteiger partial charge in [-0.1, -0.05) is 18.7 Å². The largest absolute Gasteiger partial charge is 0.416 e. The van der Waals surface area contributed by atoms with Gasteiger partial charge in [0.2, 0.25) is 15.9 Å². The molecule has 0 atom stereocenters. The first-order valence-electron chi connectivity index (χ1n) is 12.2. The van der Waals surface area contributed by atoms with Gasteiger partial charge in [0.15, 0.2) is 0 Å². The molecule has 0 heterocycles. The topological polar surface area (TPSA) is 90.9 Å². The highest BCUT2D eigenvalue weighted by molar-refractivity contribution is 7.89. The van der Waals surface area contributed by atoms with Crippen molar-refractivity contribution in [2.24, 2.45) is 4.99 Å². The molecule has 2 aromatic carbocycles. The molecule has 1 amide bonds. The maximum absolute atomic E-state index is 13.4. The van der Waals surface area contributed by atoms with Crippen molar-refractivity contribution in [1.82, 2.24) is 14.9 Å². The third kappa shape index (κ3) is 11.1. The number of likely N-dealkylation sites (N-methyl/N-ethyl adjacent to an activating group) is 1. The van der Waals surface area contributed by atoms with Gasteiger partial charge in [0.25, 0.3) is 0 Å². The van der Waals surface area contributed by atoms with Gasteiger partial charge in [-0.25, -0.2) is 12.8 Å². The molecule has 0 saturated carbocycles. The van der Waals surface area contributed by atoms with E-state index in [-0.39, 0.29) is 48.8 Å². The van der Waals surface area contributed by atoms with Crippen LogP contribution in [0.1, 0.15) is 30.4 Å². The molecule has 0 aliphatic rings. The van der Waals surface area contributed by atoms with E-state index in [2.05, 4.69) is 22.2 Å². The average molecular weight is 611 g/mol. The fourth-order valence-corrected chi connectivity index (χ4v) is 4.92. The van der Waals surface area contributed by atoms with Crippen LogP contribution in [-0.4, -0.2) is 57.3 Å². The molecule has 226 valence electrons. The van der Waals surface area contributed by atoms with Gasteiger partial charge in [-0.3, -0.25) is 9.79 Å². The van der Waals surface area contributed by atoms with Gasteiger partial charge in [-0.05, 0) is 54.0 Å². The summed E-state index contributed by atoms with van der Waals surface area (Å²) in [7, 11) is -2.72. The quantitative estimate of drug-likeness (QED) is 0.189. The first kappa shape index (κ1) is 33.7. The molecule has 2 rings (SSSR count). The summed E-state index contributed by atoms with van der Waals surface area (Å²) in [5.74, 6) is -1.07. The van der Waals surface area contributed by atoms with Crippen LogP contribution in [0.4, 0.5) is 30.7 Å². The zero-order valence-electron chi connectivity index (χ0n) is 21.9. The number of nitrogens with zero attached hydrogens (tertiary/aromatic N) is 2. The molecule has 7 nitrogen and oxygen atoms in total. The van der Waals surface area contributed by atoms with Crippen molar-refractivity contribution in [3.05, 3.63) is 77.6 Å². The molecule has 0 radical (unpaired) electrons. The molecule has 15 heteroatoms. The van der Waals surface area contributed by atoms with Gasteiger partial charge in [-0.2, -0.15) is 30.6 Å². The summed E-state index contributed by atoms with van der Waals surface area (Å²) >= 11 is 0. The van der Waals surface area contributed by atoms with Crippen LogP contribution in [-0.2, 0) is 27.5 Å². The van der Waals surface area contributed by atoms with Crippen LogP contribution < -0.4 is 10.6 Å². The molecule has 0 unspecified atom stereocenters. The number of amidine groups is 1. The number of hydrogen-bond acceptors (Lipinski definition) is 4. The van der Waals surface area contributed by atoms with Crippen LogP contribution in [0.2, 0.25) is 0 Å². The summed E-state index contributed by atoms with van der Waals surface area (Å²) in [4.78, 5) is 15.7. The summed E-state index contributed by atoms with van der Waals surface area (Å²) in [5.41, 5.74) is -0.295.